The molecule has 1 aromatic carbocycles. The molecule has 72 valence electrons. The molecule has 0 radical (unpaired) electrons. The van der Waals surface area contributed by atoms with Crippen molar-refractivity contribution in [2.75, 3.05) is 0 Å². The molecule has 0 fully saturated rings. The van der Waals surface area contributed by atoms with Crippen molar-refractivity contribution in [1.29, 1.82) is 0 Å². The number of halogens is 1. The molecule has 0 saturated heterocycles. The third-order valence-corrected chi connectivity index (χ3v) is 1.76. The Kier molecular flexibility index (Phi) is 1.85. The van der Waals surface area contributed by atoms with Gasteiger partial charge in [0.15, 0.2) is 0 Å². The van der Waals surface area contributed by atoms with Crippen LogP contribution in [0.25, 0.3) is 11.3 Å². The summed E-state index contributed by atoms with van der Waals surface area (Å²) in [6.07, 6.45) is 0. The number of benzene rings is 1. The van der Waals surface area contributed by atoms with Crippen LogP contribution < -0.4 is 5.76 Å². The van der Waals surface area contributed by atoms with Crippen LogP contribution in [-0.2, 0) is 0 Å². The third-order valence-electron chi connectivity index (χ3n) is 1.76. The van der Waals surface area contributed by atoms with Crippen LogP contribution in [0.1, 0.15) is 0 Å². The molecular formula is C9H6FNO3. The van der Waals surface area contributed by atoms with Crippen LogP contribution >= 0.6 is 0 Å². The van der Waals surface area contributed by atoms with Crippen LogP contribution in [0.4, 0.5) is 4.39 Å². The van der Waals surface area contributed by atoms with Crippen molar-refractivity contribution in [1.82, 2.24) is 4.98 Å². The maximum Gasteiger partial charge on any atom is 0.419 e. The molecule has 0 aliphatic heterocycles. The highest BCUT2D eigenvalue weighted by Crippen LogP contribution is 2.25. The number of hydrogen-bond donors (Lipinski definition) is 2. The molecule has 0 spiro atoms. The Bertz CT molecular complexity index is 498. The van der Waals surface area contributed by atoms with E-state index in [0.29, 0.717) is 5.56 Å². The van der Waals surface area contributed by atoms with Gasteiger partial charge in [-0.1, -0.05) is 0 Å². The first-order chi connectivity index (χ1) is 6.66. The molecule has 4 nitrogen and oxygen atoms in total. The average Bonchev–Trinajstić information content (AvgIpc) is 2.47. The number of hydrogen-bond acceptors (Lipinski definition) is 3. The zero-order valence-electron chi connectivity index (χ0n) is 6.95. The van der Waals surface area contributed by atoms with Gasteiger partial charge in [0.1, 0.15) is 11.5 Å². The van der Waals surface area contributed by atoms with E-state index in [0.717, 1.165) is 0 Å². The standard InChI is InChI=1S/C9H6FNO3/c10-6-3-1-5(2-4-6)7-8(12)14-9(13)11-7/h1-4,12H,(H,11,13). The number of oxazole rings is 1. The Morgan fingerprint density at radius 3 is 2.43 bits per heavy atom. The quantitative estimate of drug-likeness (QED) is 0.724. The molecule has 0 aliphatic carbocycles. The van der Waals surface area contributed by atoms with Crippen molar-refractivity contribution < 1.29 is 13.9 Å². The van der Waals surface area contributed by atoms with Gasteiger partial charge in [0.05, 0.1) is 0 Å². The van der Waals surface area contributed by atoms with E-state index in [1.165, 1.54) is 24.3 Å². The highest BCUT2D eigenvalue weighted by Gasteiger charge is 2.10. The minimum atomic E-state index is -0.748. The molecule has 2 aromatic rings. The van der Waals surface area contributed by atoms with Gasteiger partial charge in [-0.2, -0.15) is 0 Å². The lowest BCUT2D eigenvalue weighted by Gasteiger charge is -1.95. The van der Waals surface area contributed by atoms with Crippen LogP contribution in [0.2, 0.25) is 0 Å². The normalized spacial score (nSPS) is 10.4. The molecule has 0 aliphatic rings. The van der Waals surface area contributed by atoms with Gasteiger partial charge in [-0.15, -0.1) is 0 Å². The number of H-pyrrole nitrogens is 1. The summed E-state index contributed by atoms with van der Waals surface area (Å²) in [7, 11) is 0. The Morgan fingerprint density at radius 2 is 1.93 bits per heavy atom. The predicted molar refractivity (Wildman–Crippen MR) is 46.4 cm³/mol. The minimum absolute atomic E-state index is 0.148. The van der Waals surface area contributed by atoms with E-state index >= 15 is 0 Å². The van der Waals surface area contributed by atoms with Crippen LogP contribution in [0.3, 0.4) is 0 Å². The number of rotatable bonds is 1. The van der Waals surface area contributed by atoms with Crippen LogP contribution in [0, 0.1) is 5.82 Å². The highest BCUT2D eigenvalue weighted by molar-refractivity contribution is 5.62. The summed E-state index contributed by atoms with van der Waals surface area (Å²) in [6.45, 7) is 0. The zero-order valence-corrected chi connectivity index (χ0v) is 6.95. The summed E-state index contributed by atoms with van der Waals surface area (Å²) >= 11 is 0. The SMILES string of the molecule is O=c1[nH]c(-c2ccc(F)cc2)c(O)o1. The fourth-order valence-electron chi connectivity index (χ4n) is 1.13. The van der Waals surface area contributed by atoms with Gasteiger partial charge >= 0.3 is 11.7 Å². The van der Waals surface area contributed by atoms with Crippen molar-refractivity contribution in [2.45, 2.75) is 0 Å². The maximum absolute atomic E-state index is 12.6. The summed E-state index contributed by atoms with van der Waals surface area (Å²) in [5.74, 6) is -1.64. The van der Waals surface area contributed by atoms with E-state index in [4.69, 9.17) is 5.11 Å². The second-order valence-electron chi connectivity index (χ2n) is 2.70. The van der Waals surface area contributed by atoms with Crippen molar-refractivity contribution in [2.24, 2.45) is 0 Å². The first-order valence-corrected chi connectivity index (χ1v) is 3.85. The van der Waals surface area contributed by atoms with Gasteiger partial charge in [0, 0.05) is 5.56 Å². The summed E-state index contributed by atoms with van der Waals surface area (Å²) in [6, 6.07) is 5.30. The largest absolute Gasteiger partial charge is 0.479 e. The second-order valence-corrected chi connectivity index (χ2v) is 2.70. The molecule has 14 heavy (non-hydrogen) atoms. The number of aromatic amines is 1. The van der Waals surface area contributed by atoms with E-state index in [1.807, 2.05) is 0 Å². The average molecular weight is 195 g/mol. The first-order valence-electron chi connectivity index (χ1n) is 3.85. The van der Waals surface area contributed by atoms with Crippen LogP contribution in [0.5, 0.6) is 5.95 Å². The van der Waals surface area contributed by atoms with E-state index in [-0.39, 0.29) is 11.5 Å². The summed E-state index contributed by atoms with van der Waals surface area (Å²) < 4.78 is 16.9. The van der Waals surface area contributed by atoms with Gasteiger partial charge in [0.2, 0.25) is 0 Å². The fourth-order valence-corrected chi connectivity index (χ4v) is 1.13. The molecule has 0 amide bonds. The monoisotopic (exact) mass is 195 g/mol. The Hall–Kier alpha value is -2.04. The number of nitrogens with one attached hydrogen (secondary N) is 1. The van der Waals surface area contributed by atoms with Gasteiger partial charge in [-0.3, -0.25) is 4.98 Å². The molecule has 1 aromatic heterocycles. The summed E-state index contributed by atoms with van der Waals surface area (Å²) in [4.78, 5) is 13.0. The Morgan fingerprint density at radius 1 is 1.29 bits per heavy atom. The van der Waals surface area contributed by atoms with E-state index in [1.54, 1.807) is 0 Å². The summed E-state index contributed by atoms with van der Waals surface area (Å²) in [5.41, 5.74) is 0.629. The van der Waals surface area contributed by atoms with Crippen molar-refractivity contribution in [3.05, 3.63) is 40.6 Å². The van der Waals surface area contributed by atoms with Gasteiger partial charge in [0.25, 0.3) is 0 Å². The third kappa shape index (κ3) is 1.39. The Labute approximate surface area is 77.6 Å². The zero-order chi connectivity index (χ0) is 10.1. The smallest absolute Gasteiger partial charge is 0.419 e. The molecule has 0 atom stereocenters. The van der Waals surface area contributed by atoms with Gasteiger partial charge in [-0.05, 0) is 24.3 Å². The maximum atomic E-state index is 12.6. The number of aromatic nitrogens is 1. The fraction of sp³-hybridized carbons (Fsp3) is 0. The lowest BCUT2D eigenvalue weighted by Crippen LogP contribution is -1.94. The molecule has 0 saturated carbocycles. The molecular weight excluding hydrogens is 189 g/mol. The molecule has 5 heteroatoms. The minimum Gasteiger partial charge on any atom is -0.479 e. The lowest BCUT2D eigenvalue weighted by molar-refractivity contribution is 0.321. The van der Waals surface area contributed by atoms with Gasteiger partial charge < -0.3 is 9.52 Å². The van der Waals surface area contributed by atoms with E-state index in [2.05, 4.69) is 9.40 Å². The topological polar surface area (TPSA) is 66.2 Å². The number of aromatic hydroxyl groups is 1. The predicted octanol–water partition coefficient (Wildman–Crippen LogP) is 1.48. The van der Waals surface area contributed by atoms with Crippen molar-refractivity contribution in [3.63, 3.8) is 0 Å². The van der Waals surface area contributed by atoms with Crippen LogP contribution in [0.15, 0.2) is 33.5 Å². The molecule has 1 heterocycles. The second kappa shape index (κ2) is 3.02. The van der Waals surface area contributed by atoms with E-state index in [9.17, 15) is 9.18 Å². The van der Waals surface area contributed by atoms with Gasteiger partial charge in [-0.25, -0.2) is 9.18 Å². The van der Waals surface area contributed by atoms with E-state index < -0.39 is 11.7 Å². The highest BCUT2D eigenvalue weighted by atomic mass is 19.1. The first kappa shape index (κ1) is 8.55. The molecule has 0 unspecified atom stereocenters. The Balaban J connectivity index is 2.54. The van der Waals surface area contributed by atoms with Crippen molar-refractivity contribution in [3.8, 4) is 17.2 Å². The lowest BCUT2D eigenvalue weighted by atomic mass is 10.2. The van der Waals surface area contributed by atoms with Crippen LogP contribution in [-0.4, -0.2) is 10.1 Å². The van der Waals surface area contributed by atoms with Crippen molar-refractivity contribution >= 4 is 0 Å². The molecule has 0 bridgehead atoms. The molecule has 2 N–H and O–H groups in total. The summed E-state index contributed by atoms with van der Waals surface area (Å²) in [5, 5.41) is 9.16. The molecule has 2 rings (SSSR count).